The number of aliphatic hydroxyl groups is 1. The minimum absolute atomic E-state index is 0.0738. The van der Waals surface area contributed by atoms with Gasteiger partial charge in [-0.05, 0) is 25.7 Å². The number of hydrogen-bond acceptors (Lipinski definition) is 3. The van der Waals surface area contributed by atoms with Crippen molar-refractivity contribution in [1.29, 1.82) is 0 Å². The van der Waals surface area contributed by atoms with Crippen molar-refractivity contribution in [2.24, 2.45) is 5.92 Å². The smallest absolute Gasteiger partial charge is 0.211 e. The van der Waals surface area contributed by atoms with E-state index in [1.165, 1.54) is 0 Å². The molecule has 0 aliphatic heterocycles. The van der Waals surface area contributed by atoms with Crippen LogP contribution in [0.15, 0.2) is 0 Å². The van der Waals surface area contributed by atoms with Gasteiger partial charge < -0.3 is 5.11 Å². The fraction of sp³-hybridized carbons (Fsp3) is 1.00. The first-order chi connectivity index (χ1) is 6.55. The van der Waals surface area contributed by atoms with Crippen LogP contribution in [0, 0.1) is 5.92 Å². The van der Waals surface area contributed by atoms with E-state index >= 15 is 0 Å². The summed E-state index contributed by atoms with van der Waals surface area (Å²) < 4.78 is 24.6. The van der Waals surface area contributed by atoms with E-state index in [9.17, 15) is 13.5 Å². The molecule has 0 amide bonds. The number of aliphatic hydroxyl groups excluding tert-OH is 1. The lowest BCUT2D eigenvalue weighted by molar-refractivity contribution is 0.115. The van der Waals surface area contributed by atoms with Gasteiger partial charge in [0.15, 0.2) is 0 Å². The van der Waals surface area contributed by atoms with Crippen LogP contribution in [0.25, 0.3) is 0 Å². The third-order valence-electron chi connectivity index (χ3n) is 2.84. The molecule has 4 nitrogen and oxygen atoms in total. The van der Waals surface area contributed by atoms with Crippen molar-refractivity contribution in [1.82, 2.24) is 4.72 Å². The zero-order valence-corrected chi connectivity index (χ0v) is 9.39. The van der Waals surface area contributed by atoms with Crippen LogP contribution in [-0.2, 0) is 10.0 Å². The summed E-state index contributed by atoms with van der Waals surface area (Å²) in [4.78, 5) is 0. The third kappa shape index (κ3) is 3.55. The molecular weight excluding hydrogens is 202 g/mol. The Balaban J connectivity index is 2.30. The van der Waals surface area contributed by atoms with Crippen LogP contribution < -0.4 is 4.72 Å². The van der Waals surface area contributed by atoms with Gasteiger partial charge in [-0.3, -0.25) is 0 Å². The maximum absolute atomic E-state index is 11.1. The maximum atomic E-state index is 11.1. The van der Waals surface area contributed by atoms with E-state index in [4.69, 9.17) is 0 Å². The molecule has 0 aromatic carbocycles. The molecule has 1 fully saturated rings. The van der Waals surface area contributed by atoms with E-state index in [0.717, 1.165) is 25.7 Å². The van der Waals surface area contributed by atoms with Crippen LogP contribution in [0.3, 0.4) is 0 Å². The summed E-state index contributed by atoms with van der Waals surface area (Å²) in [6.07, 6.45) is 3.84. The van der Waals surface area contributed by atoms with Crippen molar-refractivity contribution >= 4 is 10.0 Å². The Bertz CT molecular complexity index is 257. The van der Waals surface area contributed by atoms with Gasteiger partial charge in [0, 0.05) is 6.54 Å². The van der Waals surface area contributed by atoms with Crippen molar-refractivity contribution < 1.29 is 13.5 Å². The van der Waals surface area contributed by atoms with Gasteiger partial charge in [-0.15, -0.1) is 0 Å². The molecular formula is C9H19NO3S. The molecule has 5 heteroatoms. The van der Waals surface area contributed by atoms with Gasteiger partial charge in [0.25, 0.3) is 0 Å². The Hall–Kier alpha value is -0.130. The summed E-state index contributed by atoms with van der Waals surface area (Å²) in [6, 6.07) is 0. The Morgan fingerprint density at radius 2 is 2.00 bits per heavy atom. The molecule has 1 unspecified atom stereocenters. The summed E-state index contributed by atoms with van der Waals surface area (Å²) in [5.74, 6) is 0.360. The molecule has 0 heterocycles. The molecule has 1 aliphatic carbocycles. The molecule has 1 aliphatic rings. The highest BCUT2D eigenvalue weighted by Gasteiger charge is 2.23. The van der Waals surface area contributed by atoms with E-state index in [1.54, 1.807) is 6.92 Å². The van der Waals surface area contributed by atoms with Crippen LogP contribution in [0.5, 0.6) is 0 Å². The second-order valence-corrected chi connectivity index (χ2v) is 5.96. The van der Waals surface area contributed by atoms with Crippen molar-refractivity contribution in [2.45, 2.75) is 38.7 Å². The normalized spacial score (nSPS) is 21.3. The van der Waals surface area contributed by atoms with Crippen LogP contribution in [0.2, 0.25) is 0 Å². The topological polar surface area (TPSA) is 66.4 Å². The van der Waals surface area contributed by atoms with Crippen LogP contribution >= 0.6 is 0 Å². The van der Waals surface area contributed by atoms with Crippen LogP contribution in [0.4, 0.5) is 0 Å². The van der Waals surface area contributed by atoms with Gasteiger partial charge in [0.1, 0.15) is 0 Å². The molecule has 0 aromatic heterocycles. The summed E-state index contributed by atoms with van der Waals surface area (Å²) in [7, 11) is -3.15. The minimum atomic E-state index is -3.15. The number of nitrogens with one attached hydrogen (secondary N) is 1. The first kappa shape index (κ1) is 11.9. The summed E-state index contributed by atoms with van der Waals surface area (Å²) in [6.45, 7) is 1.76. The molecule has 0 spiro atoms. The fourth-order valence-electron chi connectivity index (χ4n) is 1.82. The van der Waals surface area contributed by atoms with Crippen molar-refractivity contribution in [3.8, 4) is 0 Å². The van der Waals surface area contributed by atoms with Crippen molar-refractivity contribution in [3.05, 3.63) is 0 Å². The highest BCUT2D eigenvalue weighted by molar-refractivity contribution is 7.89. The van der Waals surface area contributed by atoms with E-state index in [-0.39, 0.29) is 18.2 Å². The molecule has 1 rings (SSSR count). The molecule has 1 atom stereocenters. The summed E-state index contributed by atoms with van der Waals surface area (Å²) in [5.41, 5.74) is 0. The predicted octanol–water partition coefficient (Wildman–Crippen LogP) is 0.477. The lowest BCUT2D eigenvalue weighted by Gasteiger charge is -2.17. The molecule has 0 aromatic rings. The number of sulfonamides is 1. The van der Waals surface area contributed by atoms with E-state index in [2.05, 4.69) is 4.72 Å². The molecule has 84 valence electrons. The Kier molecular flexibility index (Phi) is 4.34. The standard InChI is InChI=1S/C9H19NO3S/c1-2-14(12,13)10-7-9(11)8-5-3-4-6-8/h8-11H,2-7H2,1H3. The molecule has 0 saturated heterocycles. The average Bonchev–Trinajstić information content (AvgIpc) is 2.67. The van der Waals surface area contributed by atoms with E-state index in [0.29, 0.717) is 0 Å². The van der Waals surface area contributed by atoms with Gasteiger partial charge in [0.05, 0.1) is 11.9 Å². The Morgan fingerprint density at radius 3 is 2.50 bits per heavy atom. The Labute approximate surface area is 85.8 Å². The van der Waals surface area contributed by atoms with Gasteiger partial charge >= 0.3 is 0 Å². The quantitative estimate of drug-likeness (QED) is 0.709. The largest absolute Gasteiger partial charge is 0.391 e. The van der Waals surface area contributed by atoms with Crippen molar-refractivity contribution in [3.63, 3.8) is 0 Å². The maximum Gasteiger partial charge on any atom is 0.211 e. The second-order valence-electron chi connectivity index (χ2n) is 3.86. The SMILES string of the molecule is CCS(=O)(=O)NCC(O)C1CCCC1. The lowest BCUT2D eigenvalue weighted by Crippen LogP contribution is -2.36. The summed E-state index contributed by atoms with van der Waals surface area (Å²) in [5, 5.41) is 9.68. The highest BCUT2D eigenvalue weighted by Crippen LogP contribution is 2.27. The second kappa shape index (κ2) is 5.09. The number of rotatable bonds is 5. The molecule has 14 heavy (non-hydrogen) atoms. The van der Waals surface area contributed by atoms with Crippen LogP contribution in [-0.4, -0.2) is 31.9 Å². The minimum Gasteiger partial charge on any atom is -0.391 e. The van der Waals surface area contributed by atoms with Gasteiger partial charge in [-0.1, -0.05) is 12.8 Å². The van der Waals surface area contributed by atoms with Crippen LogP contribution in [0.1, 0.15) is 32.6 Å². The van der Waals surface area contributed by atoms with Gasteiger partial charge in [0.2, 0.25) is 10.0 Å². The van der Waals surface area contributed by atoms with E-state index in [1.807, 2.05) is 0 Å². The lowest BCUT2D eigenvalue weighted by atomic mass is 10.0. The fourth-order valence-corrected chi connectivity index (χ4v) is 2.45. The first-order valence-electron chi connectivity index (χ1n) is 5.20. The zero-order valence-electron chi connectivity index (χ0n) is 8.57. The van der Waals surface area contributed by atoms with Gasteiger partial charge in [-0.25, -0.2) is 13.1 Å². The van der Waals surface area contributed by atoms with Gasteiger partial charge in [-0.2, -0.15) is 0 Å². The highest BCUT2D eigenvalue weighted by atomic mass is 32.2. The van der Waals surface area contributed by atoms with Crippen molar-refractivity contribution in [2.75, 3.05) is 12.3 Å². The molecule has 1 saturated carbocycles. The zero-order chi connectivity index (χ0) is 10.6. The van der Waals surface area contributed by atoms with E-state index < -0.39 is 16.1 Å². The third-order valence-corrected chi connectivity index (χ3v) is 4.20. The average molecular weight is 221 g/mol. The summed E-state index contributed by atoms with van der Waals surface area (Å²) >= 11 is 0. The Morgan fingerprint density at radius 1 is 1.43 bits per heavy atom. The molecule has 0 bridgehead atoms. The molecule has 2 N–H and O–H groups in total. The molecule has 0 radical (unpaired) electrons. The number of hydrogen-bond donors (Lipinski definition) is 2. The first-order valence-corrected chi connectivity index (χ1v) is 6.86. The predicted molar refractivity (Wildman–Crippen MR) is 55.4 cm³/mol. The monoisotopic (exact) mass is 221 g/mol.